The molecule has 102 valence electrons. The SMILES string of the molecule is COC(C)C(C)NC(C)COc1ccc(C)cc1. The van der Waals surface area contributed by atoms with Crippen molar-refractivity contribution in [2.75, 3.05) is 13.7 Å². The monoisotopic (exact) mass is 251 g/mol. The van der Waals surface area contributed by atoms with Crippen LogP contribution < -0.4 is 10.1 Å². The van der Waals surface area contributed by atoms with E-state index in [1.807, 2.05) is 12.1 Å². The van der Waals surface area contributed by atoms with Crippen molar-refractivity contribution >= 4 is 0 Å². The van der Waals surface area contributed by atoms with E-state index in [1.54, 1.807) is 7.11 Å². The number of nitrogens with one attached hydrogen (secondary N) is 1. The molecule has 0 amide bonds. The van der Waals surface area contributed by atoms with Gasteiger partial charge in [-0.05, 0) is 39.8 Å². The topological polar surface area (TPSA) is 30.5 Å². The van der Waals surface area contributed by atoms with Crippen LogP contribution in [0.4, 0.5) is 0 Å². The summed E-state index contributed by atoms with van der Waals surface area (Å²) in [5, 5.41) is 3.46. The van der Waals surface area contributed by atoms with Crippen molar-refractivity contribution in [1.82, 2.24) is 5.32 Å². The van der Waals surface area contributed by atoms with E-state index >= 15 is 0 Å². The molecule has 0 fully saturated rings. The van der Waals surface area contributed by atoms with Crippen molar-refractivity contribution < 1.29 is 9.47 Å². The van der Waals surface area contributed by atoms with Gasteiger partial charge in [-0.1, -0.05) is 17.7 Å². The van der Waals surface area contributed by atoms with Crippen LogP contribution in [-0.2, 0) is 4.74 Å². The Hall–Kier alpha value is -1.06. The van der Waals surface area contributed by atoms with Gasteiger partial charge in [0.15, 0.2) is 0 Å². The highest BCUT2D eigenvalue weighted by Gasteiger charge is 2.13. The fourth-order valence-electron chi connectivity index (χ4n) is 1.69. The Bertz CT molecular complexity index is 337. The Morgan fingerprint density at radius 1 is 1.11 bits per heavy atom. The molecular weight excluding hydrogens is 226 g/mol. The molecule has 0 spiro atoms. The van der Waals surface area contributed by atoms with Gasteiger partial charge in [-0.3, -0.25) is 0 Å². The largest absolute Gasteiger partial charge is 0.492 e. The molecule has 18 heavy (non-hydrogen) atoms. The third-order valence-corrected chi connectivity index (χ3v) is 3.14. The lowest BCUT2D eigenvalue weighted by Crippen LogP contribution is -2.44. The van der Waals surface area contributed by atoms with E-state index in [-0.39, 0.29) is 6.10 Å². The maximum absolute atomic E-state index is 5.73. The summed E-state index contributed by atoms with van der Waals surface area (Å²) in [4.78, 5) is 0. The van der Waals surface area contributed by atoms with Crippen LogP contribution in [0.25, 0.3) is 0 Å². The fraction of sp³-hybridized carbons (Fsp3) is 0.600. The molecule has 0 aliphatic carbocycles. The van der Waals surface area contributed by atoms with Gasteiger partial charge in [0.25, 0.3) is 0 Å². The minimum atomic E-state index is 0.201. The van der Waals surface area contributed by atoms with Gasteiger partial charge in [0.05, 0.1) is 6.10 Å². The number of methoxy groups -OCH3 is 1. The zero-order valence-corrected chi connectivity index (χ0v) is 12.1. The molecule has 1 aromatic rings. The number of aryl methyl sites for hydroxylation is 1. The summed E-state index contributed by atoms with van der Waals surface area (Å²) in [5.74, 6) is 0.918. The van der Waals surface area contributed by atoms with Crippen LogP contribution in [0, 0.1) is 6.92 Å². The first-order chi connectivity index (χ1) is 8.52. The second-order valence-electron chi connectivity index (χ2n) is 4.92. The molecule has 1 rings (SSSR count). The molecule has 0 aromatic heterocycles. The summed E-state index contributed by atoms with van der Waals surface area (Å²) in [6.07, 6.45) is 0.201. The maximum atomic E-state index is 5.73. The van der Waals surface area contributed by atoms with Gasteiger partial charge in [-0.2, -0.15) is 0 Å². The van der Waals surface area contributed by atoms with Crippen LogP contribution in [0.2, 0.25) is 0 Å². The first kappa shape index (κ1) is 15.0. The highest BCUT2D eigenvalue weighted by atomic mass is 16.5. The molecule has 3 nitrogen and oxygen atoms in total. The standard InChI is InChI=1S/C15H25NO2/c1-11-6-8-15(9-7-11)18-10-12(2)16-13(3)14(4)17-5/h6-9,12-14,16H,10H2,1-5H3. The van der Waals surface area contributed by atoms with Crippen molar-refractivity contribution in [2.24, 2.45) is 0 Å². The van der Waals surface area contributed by atoms with Gasteiger partial charge in [-0.25, -0.2) is 0 Å². The molecule has 0 heterocycles. The average Bonchev–Trinajstić information content (AvgIpc) is 2.37. The lowest BCUT2D eigenvalue weighted by Gasteiger charge is -2.24. The zero-order chi connectivity index (χ0) is 13.5. The molecule has 3 unspecified atom stereocenters. The Balaban J connectivity index is 2.32. The van der Waals surface area contributed by atoms with Crippen LogP contribution in [0.1, 0.15) is 26.3 Å². The molecule has 1 aromatic carbocycles. The normalized spacial score (nSPS) is 16.1. The van der Waals surface area contributed by atoms with Crippen LogP contribution in [0.3, 0.4) is 0 Å². The van der Waals surface area contributed by atoms with E-state index in [0.29, 0.717) is 18.7 Å². The highest BCUT2D eigenvalue weighted by molar-refractivity contribution is 5.26. The van der Waals surface area contributed by atoms with Gasteiger partial charge in [-0.15, -0.1) is 0 Å². The molecular formula is C15H25NO2. The predicted octanol–water partition coefficient (Wildman–Crippen LogP) is 2.78. The van der Waals surface area contributed by atoms with Crippen molar-refractivity contribution in [3.8, 4) is 5.75 Å². The van der Waals surface area contributed by atoms with Crippen molar-refractivity contribution in [2.45, 2.75) is 45.9 Å². The van der Waals surface area contributed by atoms with Gasteiger partial charge in [0.1, 0.15) is 12.4 Å². The van der Waals surface area contributed by atoms with Gasteiger partial charge < -0.3 is 14.8 Å². The highest BCUT2D eigenvalue weighted by Crippen LogP contribution is 2.11. The summed E-state index contributed by atoms with van der Waals surface area (Å²) in [5.41, 5.74) is 1.25. The van der Waals surface area contributed by atoms with Crippen molar-refractivity contribution in [3.63, 3.8) is 0 Å². The van der Waals surface area contributed by atoms with Gasteiger partial charge in [0, 0.05) is 19.2 Å². The molecule has 3 atom stereocenters. The first-order valence-electron chi connectivity index (χ1n) is 6.51. The van der Waals surface area contributed by atoms with Crippen LogP contribution in [-0.4, -0.2) is 31.9 Å². The number of ether oxygens (including phenoxy) is 2. The maximum Gasteiger partial charge on any atom is 0.119 e. The Morgan fingerprint density at radius 3 is 2.28 bits per heavy atom. The summed E-state index contributed by atoms with van der Waals surface area (Å²) in [6.45, 7) is 9.03. The van der Waals surface area contributed by atoms with Crippen LogP contribution in [0.5, 0.6) is 5.75 Å². The molecule has 0 radical (unpaired) electrons. The first-order valence-corrected chi connectivity index (χ1v) is 6.51. The van der Waals surface area contributed by atoms with E-state index in [4.69, 9.17) is 9.47 Å². The molecule has 3 heteroatoms. The lowest BCUT2D eigenvalue weighted by atomic mass is 10.2. The number of hydrogen-bond donors (Lipinski definition) is 1. The molecule has 0 aliphatic rings. The van der Waals surface area contributed by atoms with E-state index in [0.717, 1.165) is 5.75 Å². The smallest absolute Gasteiger partial charge is 0.119 e. The summed E-state index contributed by atoms with van der Waals surface area (Å²) < 4.78 is 11.0. The molecule has 0 saturated carbocycles. The molecule has 1 N–H and O–H groups in total. The van der Waals surface area contributed by atoms with Gasteiger partial charge in [0.2, 0.25) is 0 Å². The summed E-state index contributed by atoms with van der Waals surface area (Å²) in [6, 6.07) is 8.73. The molecule has 0 bridgehead atoms. The van der Waals surface area contributed by atoms with Crippen LogP contribution >= 0.6 is 0 Å². The minimum Gasteiger partial charge on any atom is -0.492 e. The summed E-state index contributed by atoms with van der Waals surface area (Å²) in [7, 11) is 1.73. The predicted molar refractivity (Wildman–Crippen MR) is 75.2 cm³/mol. The van der Waals surface area contributed by atoms with Crippen LogP contribution in [0.15, 0.2) is 24.3 Å². The van der Waals surface area contributed by atoms with E-state index in [9.17, 15) is 0 Å². The van der Waals surface area contributed by atoms with Gasteiger partial charge >= 0.3 is 0 Å². The average molecular weight is 251 g/mol. The Morgan fingerprint density at radius 2 is 1.72 bits per heavy atom. The number of rotatable bonds is 7. The van der Waals surface area contributed by atoms with Crippen molar-refractivity contribution in [1.29, 1.82) is 0 Å². The molecule has 0 saturated heterocycles. The molecule has 0 aliphatic heterocycles. The quantitative estimate of drug-likeness (QED) is 0.808. The third kappa shape index (κ3) is 5.07. The second-order valence-corrected chi connectivity index (χ2v) is 4.92. The Kier molecular flexibility index (Phi) is 6.16. The Labute approximate surface area is 110 Å². The summed E-state index contributed by atoms with van der Waals surface area (Å²) >= 11 is 0. The lowest BCUT2D eigenvalue weighted by molar-refractivity contribution is 0.0820. The fourth-order valence-corrected chi connectivity index (χ4v) is 1.69. The van der Waals surface area contributed by atoms with Crippen molar-refractivity contribution in [3.05, 3.63) is 29.8 Å². The zero-order valence-electron chi connectivity index (χ0n) is 12.1. The third-order valence-electron chi connectivity index (χ3n) is 3.14. The van der Waals surface area contributed by atoms with E-state index < -0.39 is 0 Å². The minimum absolute atomic E-state index is 0.201. The van der Waals surface area contributed by atoms with E-state index in [2.05, 4.69) is 45.1 Å². The number of hydrogen-bond acceptors (Lipinski definition) is 3. The van der Waals surface area contributed by atoms with E-state index in [1.165, 1.54) is 5.56 Å². The number of benzene rings is 1. The second kappa shape index (κ2) is 7.39.